The minimum absolute atomic E-state index is 0.0797. The average Bonchev–Trinajstić information content (AvgIpc) is 2.82. The number of carboxylic acids is 1. The number of carbonyl (C=O) groups is 2. The molecule has 0 saturated carbocycles. The van der Waals surface area contributed by atoms with E-state index < -0.39 is 5.97 Å². The molecule has 1 aromatic heterocycles. The van der Waals surface area contributed by atoms with Crippen molar-refractivity contribution in [2.45, 2.75) is 0 Å². The number of aromatic carboxylic acids is 1. The lowest BCUT2D eigenvalue weighted by molar-refractivity contribution is -0.105. The van der Waals surface area contributed by atoms with Crippen LogP contribution in [-0.4, -0.2) is 17.5 Å². The summed E-state index contributed by atoms with van der Waals surface area (Å²) in [4.78, 5) is 21.4. The molecule has 0 bridgehead atoms. The third kappa shape index (κ3) is 2.34. The van der Waals surface area contributed by atoms with E-state index in [0.29, 0.717) is 12.1 Å². The smallest absolute Gasteiger partial charge is 0.337 e. The SMILES string of the molecule is O=CNc1cc(-c2ccsc2)ccc1C(=O)O. The van der Waals surface area contributed by atoms with Crippen LogP contribution in [0.4, 0.5) is 5.69 Å². The summed E-state index contributed by atoms with van der Waals surface area (Å²) in [6, 6.07) is 6.80. The van der Waals surface area contributed by atoms with Crippen LogP contribution in [0.2, 0.25) is 0 Å². The molecule has 1 heterocycles. The highest BCUT2D eigenvalue weighted by Crippen LogP contribution is 2.27. The summed E-state index contributed by atoms with van der Waals surface area (Å²) >= 11 is 1.56. The zero-order valence-corrected chi connectivity index (χ0v) is 9.53. The van der Waals surface area contributed by atoms with Crippen LogP contribution in [0.3, 0.4) is 0 Å². The second-order valence-corrected chi connectivity index (χ2v) is 4.12. The molecule has 4 nitrogen and oxygen atoms in total. The number of amides is 1. The van der Waals surface area contributed by atoms with Crippen LogP contribution in [0, 0.1) is 0 Å². The molecule has 17 heavy (non-hydrogen) atoms. The van der Waals surface area contributed by atoms with E-state index in [-0.39, 0.29) is 5.56 Å². The van der Waals surface area contributed by atoms with Gasteiger partial charge >= 0.3 is 5.97 Å². The summed E-state index contributed by atoms with van der Waals surface area (Å²) < 4.78 is 0. The Labute approximate surface area is 102 Å². The lowest BCUT2D eigenvalue weighted by Gasteiger charge is -2.06. The summed E-state index contributed by atoms with van der Waals surface area (Å²) in [7, 11) is 0. The molecule has 86 valence electrons. The first-order valence-corrected chi connectivity index (χ1v) is 5.77. The third-order valence-electron chi connectivity index (χ3n) is 2.32. The molecule has 0 fully saturated rings. The number of carboxylic acid groups (broad SMARTS) is 1. The minimum Gasteiger partial charge on any atom is -0.478 e. The maximum Gasteiger partial charge on any atom is 0.337 e. The van der Waals surface area contributed by atoms with E-state index in [2.05, 4.69) is 5.32 Å². The van der Waals surface area contributed by atoms with Crippen LogP contribution in [0.15, 0.2) is 35.0 Å². The van der Waals surface area contributed by atoms with E-state index in [4.69, 9.17) is 5.11 Å². The van der Waals surface area contributed by atoms with Crippen molar-refractivity contribution in [2.75, 3.05) is 5.32 Å². The maximum atomic E-state index is 10.9. The van der Waals surface area contributed by atoms with Gasteiger partial charge in [-0.2, -0.15) is 11.3 Å². The van der Waals surface area contributed by atoms with E-state index >= 15 is 0 Å². The Morgan fingerprint density at radius 1 is 1.29 bits per heavy atom. The molecule has 2 rings (SSSR count). The first kappa shape index (κ1) is 11.3. The number of rotatable bonds is 4. The van der Waals surface area contributed by atoms with E-state index in [1.165, 1.54) is 6.07 Å². The zero-order chi connectivity index (χ0) is 12.3. The van der Waals surface area contributed by atoms with Crippen molar-refractivity contribution in [3.8, 4) is 11.1 Å². The van der Waals surface area contributed by atoms with Gasteiger partial charge in [-0.1, -0.05) is 6.07 Å². The molecule has 2 aromatic rings. The monoisotopic (exact) mass is 247 g/mol. The number of hydrogen-bond donors (Lipinski definition) is 2. The molecular formula is C12H9NO3S. The number of hydrogen-bond acceptors (Lipinski definition) is 3. The Bertz CT molecular complexity index is 549. The highest BCUT2D eigenvalue weighted by atomic mass is 32.1. The second-order valence-electron chi connectivity index (χ2n) is 3.34. The Balaban J connectivity index is 2.49. The number of thiophene rings is 1. The molecule has 0 aliphatic heterocycles. The van der Waals surface area contributed by atoms with Gasteiger partial charge in [0, 0.05) is 0 Å². The van der Waals surface area contributed by atoms with Gasteiger partial charge in [-0.05, 0) is 40.1 Å². The van der Waals surface area contributed by atoms with Gasteiger partial charge in [0.25, 0.3) is 0 Å². The van der Waals surface area contributed by atoms with E-state index in [0.717, 1.165) is 11.1 Å². The summed E-state index contributed by atoms with van der Waals surface area (Å²) in [5.41, 5.74) is 2.26. The predicted molar refractivity (Wildman–Crippen MR) is 66.4 cm³/mol. The maximum absolute atomic E-state index is 10.9. The lowest BCUT2D eigenvalue weighted by Crippen LogP contribution is -2.04. The molecule has 0 saturated heterocycles. The molecule has 1 amide bonds. The molecular weight excluding hydrogens is 238 g/mol. The topological polar surface area (TPSA) is 66.4 Å². The van der Waals surface area contributed by atoms with Gasteiger partial charge in [-0.15, -0.1) is 0 Å². The highest BCUT2D eigenvalue weighted by molar-refractivity contribution is 7.08. The van der Waals surface area contributed by atoms with Crippen molar-refractivity contribution in [1.29, 1.82) is 0 Å². The quantitative estimate of drug-likeness (QED) is 0.816. The van der Waals surface area contributed by atoms with Gasteiger partial charge in [-0.3, -0.25) is 4.79 Å². The summed E-state index contributed by atoms with van der Waals surface area (Å²) in [6.07, 6.45) is 0.471. The van der Waals surface area contributed by atoms with Gasteiger partial charge < -0.3 is 10.4 Å². The normalized spacial score (nSPS) is 9.88. The molecule has 0 atom stereocenters. The van der Waals surface area contributed by atoms with Crippen LogP contribution in [0.25, 0.3) is 11.1 Å². The van der Waals surface area contributed by atoms with Gasteiger partial charge in [0.1, 0.15) is 0 Å². The first-order chi connectivity index (χ1) is 8.22. The summed E-state index contributed by atoms with van der Waals surface area (Å²) in [5.74, 6) is -1.06. The Morgan fingerprint density at radius 3 is 2.71 bits per heavy atom. The number of nitrogens with one attached hydrogen (secondary N) is 1. The number of anilines is 1. The minimum atomic E-state index is -1.06. The Morgan fingerprint density at radius 2 is 2.12 bits per heavy atom. The number of carbonyl (C=O) groups excluding carboxylic acids is 1. The van der Waals surface area contributed by atoms with Gasteiger partial charge in [-0.25, -0.2) is 4.79 Å². The van der Waals surface area contributed by atoms with Crippen molar-refractivity contribution < 1.29 is 14.7 Å². The largest absolute Gasteiger partial charge is 0.478 e. The summed E-state index contributed by atoms with van der Waals surface area (Å²) in [6.45, 7) is 0. The Hall–Kier alpha value is -2.14. The molecule has 0 unspecified atom stereocenters. The number of benzene rings is 1. The van der Waals surface area contributed by atoms with Crippen LogP contribution in [0.1, 0.15) is 10.4 Å². The van der Waals surface area contributed by atoms with Gasteiger partial charge in [0.15, 0.2) is 0 Å². The Kier molecular flexibility index (Phi) is 3.20. The fraction of sp³-hybridized carbons (Fsp3) is 0. The molecule has 5 heteroatoms. The van der Waals surface area contributed by atoms with E-state index in [1.54, 1.807) is 23.5 Å². The molecule has 0 aliphatic carbocycles. The highest BCUT2D eigenvalue weighted by Gasteiger charge is 2.11. The van der Waals surface area contributed by atoms with Crippen LogP contribution in [0.5, 0.6) is 0 Å². The fourth-order valence-electron chi connectivity index (χ4n) is 1.52. The van der Waals surface area contributed by atoms with Crippen molar-refractivity contribution in [2.24, 2.45) is 0 Å². The van der Waals surface area contributed by atoms with Crippen molar-refractivity contribution in [3.63, 3.8) is 0 Å². The van der Waals surface area contributed by atoms with Gasteiger partial charge in [0.2, 0.25) is 6.41 Å². The van der Waals surface area contributed by atoms with Crippen molar-refractivity contribution >= 4 is 29.4 Å². The average molecular weight is 247 g/mol. The second kappa shape index (κ2) is 4.80. The molecule has 0 radical (unpaired) electrons. The standard InChI is InChI=1S/C12H9NO3S/c14-7-13-11-5-8(9-3-4-17-6-9)1-2-10(11)12(15)16/h1-7H,(H,13,14)(H,15,16). The van der Waals surface area contributed by atoms with Crippen LogP contribution >= 0.6 is 11.3 Å². The van der Waals surface area contributed by atoms with Crippen molar-refractivity contribution in [3.05, 3.63) is 40.6 Å². The van der Waals surface area contributed by atoms with Gasteiger partial charge in [0.05, 0.1) is 11.3 Å². The zero-order valence-electron chi connectivity index (χ0n) is 8.71. The van der Waals surface area contributed by atoms with Crippen LogP contribution < -0.4 is 5.32 Å². The van der Waals surface area contributed by atoms with Crippen molar-refractivity contribution in [1.82, 2.24) is 0 Å². The molecule has 0 spiro atoms. The van der Waals surface area contributed by atoms with E-state index in [9.17, 15) is 9.59 Å². The first-order valence-electron chi connectivity index (χ1n) is 4.82. The molecule has 2 N–H and O–H groups in total. The predicted octanol–water partition coefficient (Wildman–Crippen LogP) is 2.68. The van der Waals surface area contributed by atoms with Crippen LogP contribution in [-0.2, 0) is 4.79 Å². The fourth-order valence-corrected chi connectivity index (χ4v) is 2.19. The lowest BCUT2D eigenvalue weighted by atomic mass is 10.0. The molecule has 0 aliphatic rings. The third-order valence-corrected chi connectivity index (χ3v) is 3.00. The van der Waals surface area contributed by atoms with E-state index in [1.807, 2.05) is 16.8 Å². The summed E-state index contributed by atoms with van der Waals surface area (Å²) in [5, 5.41) is 15.3. The molecule has 1 aromatic carbocycles.